The molecule has 2 atom stereocenters. The number of rotatable bonds is 8. The van der Waals surface area contributed by atoms with Gasteiger partial charge in [0, 0.05) is 25.7 Å². The van der Waals surface area contributed by atoms with Crippen LogP contribution in [0.15, 0.2) is 12.2 Å². The van der Waals surface area contributed by atoms with Crippen LogP contribution < -0.4 is 0 Å². The molecule has 0 radical (unpaired) electrons. The molecule has 2 heterocycles. The van der Waals surface area contributed by atoms with Gasteiger partial charge in [0.2, 0.25) is 5.91 Å². The van der Waals surface area contributed by atoms with Crippen LogP contribution in [0, 0.1) is 0 Å². The van der Waals surface area contributed by atoms with E-state index in [0.717, 1.165) is 31.6 Å². The largest absolute Gasteiger partial charge is 0.376 e. The molecule has 0 spiro atoms. The monoisotopic (exact) mass is 358 g/mol. The second-order valence-electron chi connectivity index (χ2n) is 7.00. The molecule has 0 aliphatic carbocycles. The Bertz CT molecular complexity index is 555. The number of hydrogen-bond acceptors (Lipinski definition) is 5. The molecule has 2 unspecified atom stereocenters. The van der Waals surface area contributed by atoms with Crippen LogP contribution in [0.2, 0.25) is 0 Å². The second-order valence-corrected chi connectivity index (χ2v) is 9.23. The van der Waals surface area contributed by atoms with Crippen LogP contribution in [0.3, 0.4) is 0 Å². The molecule has 2 fully saturated rings. The van der Waals surface area contributed by atoms with E-state index in [1.54, 1.807) is 4.90 Å². The normalized spacial score (nSPS) is 26.0. The van der Waals surface area contributed by atoms with Crippen LogP contribution in [0.1, 0.15) is 33.1 Å². The van der Waals surface area contributed by atoms with Crippen LogP contribution >= 0.6 is 0 Å². The highest BCUT2D eigenvalue weighted by molar-refractivity contribution is 7.91. The molecular weight excluding hydrogens is 328 g/mol. The van der Waals surface area contributed by atoms with Gasteiger partial charge in [-0.05, 0) is 32.7 Å². The Kier molecular flexibility index (Phi) is 6.83. The van der Waals surface area contributed by atoms with E-state index in [2.05, 4.69) is 6.58 Å². The first-order valence-electron chi connectivity index (χ1n) is 8.79. The molecule has 2 aliphatic heterocycles. The van der Waals surface area contributed by atoms with E-state index in [1.807, 2.05) is 18.7 Å². The zero-order chi connectivity index (χ0) is 17.7. The first kappa shape index (κ1) is 19.4. The van der Waals surface area contributed by atoms with Gasteiger partial charge in [-0.25, -0.2) is 8.42 Å². The Morgan fingerprint density at radius 2 is 2.04 bits per heavy atom. The third-order valence-electron chi connectivity index (χ3n) is 4.69. The predicted octanol–water partition coefficient (Wildman–Crippen LogP) is 1.08. The molecule has 7 heteroatoms. The van der Waals surface area contributed by atoms with Crippen molar-refractivity contribution in [3.8, 4) is 0 Å². The molecule has 0 saturated carbocycles. The van der Waals surface area contributed by atoms with Crippen molar-refractivity contribution in [1.82, 2.24) is 9.80 Å². The summed E-state index contributed by atoms with van der Waals surface area (Å²) in [4.78, 5) is 16.7. The minimum atomic E-state index is -3.02. The summed E-state index contributed by atoms with van der Waals surface area (Å²) >= 11 is 0. The summed E-state index contributed by atoms with van der Waals surface area (Å²) in [5.41, 5.74) is 1.01. The minimum Gasteiger partial charge on any atom is -0.376 e. The molecule has 2 saturated heterocycles. The van der Waals surface area contributed by atoms with Gasteiger partial charge < -0.3 is 9.64 Å². The highest BCUT2D eigenvalue weighted by Gasteiger charge is 2.36. The molecule has 6 nitrogen and oxygen atoms in total. The fraction of sp³-hybridized carbons (Fsp3) is 0.824. The molecule has 0 N–H and O–H groups in total. The van der Waals surface area contributed by atoms with E-state index in [1.165, 1.54) is 0 Å². The molecule has 1 amide bonds. The maximum atomic E-state index is 12.9. The highest BCUT2D eigenvalue weighted by atomic mass is 32.2. The molecule has 0 aromatic rings. The summed E-state index contributed by atoms with van der Waals surface area (Å²) in [6.45, 7) is 10.8. The predicted molar refractivity (Wildman–Crippen MR) is 94.7 cm³/mol. The molecule has 138 valence electrons. The van der Waals surface area contributed by atoms with E-state index < -0.39 is 9.84 Å². The van der Waals surface area contributed by atoms with Gasteiger partial charge in [0.15, 0.2) is 9.84 Å². The average Bonchev–Trinajstić information content (AvgIpc) is 3.12. The van der Waals surface area contributed by atoms with Crippen LogP contribution in [0.25, 0.3) is 0 Å². The molecule has 0 aromatic heterocycles. The van der Waals surface area contributed by atoms with Gasteiger partial charge in [-0.15, -0.1) is 0 Å². The van der Waals surface area contributed by atoms with E-state index in [4.69, 9.17) is 4.74 Å². The lowest BCUT2D eigenvalue weighted by Gasteiger charge is -2.32. The molecule has 24 heavy (non-hydrogen) atoms. The molecule has 0 bridgehead atoms. The summed E-state index contributed by atoms with van der Waals surface area (Å²) in [7, 11) is -3.02. The molecular formula is C17H30N2O4S. The van der Waals surface area contributed by atoms with Gasteiger partial charge >= 0.3 is 0 Å². The van der Waals surface area contributed by atoms with Crippen molar-refractivity contribution < 1.29 is 17.9 Å². The van der Waals surface area contributed by atoms with Crippen molar-refractivity contribution >= 4 is 15.7 Å². The Hall–Kier alpha value is -0.920. The Morgan fingerprint density at radius 3 is 2.54 bits per heavy atom. The second kappa shape index (κ2) is 8.45. The summed E-state index contributed by atoms with van der Waals surface area (Å²) in [5, 5.41) is 0. The summed E-state index contributed by atoms with van der Waals surface area (Å²) < 4.78 is 29.3. The van der Waals surface area contributed by atoms with Gasteiger partial charge in [0.05, 0.1) is 24.2 Å². The van der Waals surface area contributed by atoms with Crippen molar-refractivity contribution in [3.63, 3.8) is 0 Å². The number of amides is 1. The smallest absolute Gasteiger partial charge is 0.237 e. The lowest BCUT2D eigenvalue weighted by molar-refractivity contribution is -0.136. The maximum absolute atomic E-state index is 12.9. The summed E-state index contributed by atoms with van der Waals surface area (Å²) in [6.07, 6.45) is 2.51. The number of ether oxygens (including phenoxy) is 1. The first-order valence-corrected chi connectivity index (χ1v) is 10.6. The third kappa shape index (κ3) is 5.57. The number of sulfone groups is 1. The topological polar surface area (TPSA) is 66.9 Å². The van der Waals surface area contributed by atoms with E-state index in [9.17, 15) is 13.2 Å². The van der Waals surface area contributed by atoms with Gasteiger partial charge in [-0.3, -0.25) is 9.69 Å². The Labute approximate surface area is 145 Å². The van der Waals surface area contributed by atoms with Crippen LogP contribution in [-0.2, 0) is 19.4 Å². The van der Waals surface area contributed by atoms with Crippen LogP contribution in [-0.4, -0.2) is 80.6 Å². The minimum absolute atomic E-state index is 0.00398. The Balaban J connectivity index is 2.05. The zero-order valence-corrected chi connectivity index (χ0v) is 15.7. The first-order chi connectivity index (χ1) is 11.3. The number of likely N-dealkylation sites (N-methyl/N-ethyl adjacent to an activating group) is 1. The van der Waals surface area contributed by atoms with E-state index in [0.29, 0.717) is 26.1 Å². The fourth-order valence-electron chi connectivity index (χ4n) is 3.43. The van der Waals surface area contributed by atoms with E-state index >= 15 is 0 Å². The number of nitrogens with zero attached hydrogens (tertiary/aromatic N) is 2. The van der Waals surface area contributed by atoms with Crippen molar-refractivity contribution in [2.75, 3.05) is 44.3 Å². The van der Waals surface area contributed by atoms with Gasteiger partial charge in [-0.1, -0.05) is 19.1 Å². The Morgan fingerprint density at radius 1 is 1.29 bits per heavy atom. The third-order valence-corrected chi connectivity index (χ3v) is 6.44. The van der Waals surface area contributed by atoms with Gasteiger partial charge in [0.1, 0.15) is 0 Å². The van der Waals surface area contributed by atoms with Crippen LogP contribution in [0.5, 0.6) is 0 Å². The van der Waals surface area contributed by atoms with Gasteiger partial charge in [0.25, 0.3) is 0 Å². The van der Waals surface area contributed by atoms with Gasteiger partial charge in [-0.2, -0.15) is 0 Å². The quantitative estimate of drug-likeness (QED) is 0.608. The molecule has 2 rings (SSSR count). The number of carbonyl (C=O) groups excluding carboxylic acids is 1. The number of hydrogen-bond donors (Lipinski definition) is 0. The van der Waals surface area contributed by atoms with Crippen molar-refractivity contribution in [2.45, 2.75) is 45.3 Å². The maximum Gasteiger partial charge on any atom is 0.237 e. The van der Waals surface area contributed by atoms with Crippen molar-refractivity contribution in [3.05, 3.63) is 12.2 Å². The van der Waals surface area contributed by atoms with E-state index in [-0.39, 0.29) is 29.6 Å². The summed E-state index contributed by atoms with van der Waals surface area (Å²) in [5.74, 6) is 0.254. The average molecular weight is 359 g/mol. The fourth-order valence-corrected chi connectivity index (χ4v) is 5.16. The summed E-state index contributed by atoms with van der Waals surface area (Å²) in [6, 6.07) is -0.213. The van der Waals surface area contributed by atoms with Crippen molar-refractivity contribution in [2.24, 2.45) is 0 Å². The molecule has 2 aliphatic rings. The zero-order valence-electron chi connectivity index (χ0n) is 14.9. The SMILES string of the molecule is C=C(C)CN(CC)CC(=O)N(CC1CCCO1)C1CCS(=O)(=O)C1. The lowest BCUT2D eigenvalue weighted by Crippen LogP contribution is -2.49. The highest BCUT2D eigenvalue weighted by Crippen LogP contribution is 2.21. The van der Waals surface area contributed by atoms with Crippen molar-refractivity contribution in [1.29, 1.82) is 0 Å². The molecule has 0 aromatic carbocycles. The van der Waals surface area contributed by atoms with Crippen LogP contribution in [0.4, 0.5) is 0 Å². The number of carbonyl (C=O) groups is 1. The standard InChI is InChI=1S/C17H30N2O4S/c1-4-18(10-14(2)3)12-17(20)19(11-16-6-5-8-23-16)15-7-9-24(21,22)13-15/h15-16H,2,4-13H2,1,3H3. The lowest BCUT2D eigenvalue weighted by atomic mass is 10.1.